The summed E-state index contributed by atoms with van der Waals surface area (Å²) in [5.74, 6) is 0.143. The Kier molecular flexibility index (Phi) is 4.76. The maximum Gasteiger partial charge on any atom is 0.253 e. The summed E-state index contributed by atoms with van der Waals surface area (Å²) < 4.78 is 2.01. The molecule has 122 valence electrons. The summed E-state index contributed by atoms with van der Waals surface area (Å²) >= 11 is 0. The summed E-state index contributed by atoms with van der Waals surface area (Å²) in [7, 11) is 4.07. The lowest BCUT2D eigenvalue weighted by atomic mass is 10.0. The van der Waals surface area contributed by atoms with E-state index in [1.54, 1.807) is 0 Å². The van der Waals surface area contributed by atoms with Gasteiger partial charge in [-0.3, -0.25) is 9.48 Å². The second-order valence-electron chi connectivity index (χ2n) is 6.45. The van der Waals surface area contributed by atoms with Gasteiger partial charge in [-0.25, -0.2) is 0 Å². The first-order valence-electron chi connectivity index (χ1n) is 8.15. The molecule has 1 aromatic heterocycles. The number of aromatic nitrogens is 2. The van der Waals surface area contributed by atoms with Crippen LogP contribution in [-0.4, -0.2) is 52.7 Å². The van der Waals surface area contributed by atoms with Crippen molar-refractivity contribution in [3.8, 4) is 0 Å². The van der Waals surface area contributed by atoms with Gasteiger partial charge >= 0.3 is 0 Å². The molecule has 2 aromatic rings. The topological polar surface area (TPSA) is 41.4 Å². The van der Waals surface area contributed by atoms with Gasteiger partial charge in [-0.05, 0) is 50.7 Å². The van der Waals surface area contributed by atoms with Crippen LogP contribution in [0, 0.1) is 0 Å². The molecule has 5 heteroatoms. The highest BCUT2D eigenvalue weighted by Gasteiger charge is 2.24. The fraction of sp³-hybridized carbons (Fsp3) is 0.444. The van der Waals surface area contributed by atoms with Gasteiger partial charge in [0, 0.05) is 37.6 Å². The van der Waals surface area contributed by atoms with Crippen LogP contribution in [0.25, 0.3) is 0 Å². The number of hydrogen-bond donors (Lipinski definition) is 0. The van der Waals surface area contributed by atoms with Crippen molar-refractivity contribution in [3.05, 3.63) is 53.9 Å². The molecule has 0 unspecified atom stereocenters. The summed E-state index contributed by atoms with van der Waals surface area (Å²) in [6.07, 6.45) is 5.75. The van der Waals surface area contributed by atoms with Crippen molar-refractivity contribution < 1.29 is 4.79 Å². The first-order chi connectivity index (χ1) is 11.1. The van der Waals surface area contributed by atoms with Crippen molar-refractivity contribution in [2.24, 2.45) is 0 Å². The molecule has 1 aliphatic rings. The third-order valence-electron chi connectivity index (χ3n) is 4.32. The smallest absolute Gasteiger partial charge is 0.253 e. The van der Waals surface area contributed by atoms with E-state index in [9.17, 15) is 4.79 Å². The molecule has 23 heavy (non-hydrogen) atoms. The average molecular weight is 312 g/mol. The molecule has 1 saturated heterocycles. The molecule has 0 bridgehead atoms. The van der Waals surface area contributed by atoms with Crippen LogP contribution in [-0.2, 0) is 6.54 Å². The van der Waals surface area contributed by atoms with Crippen LogP contribution in [0.4, 0.5) is 0 Å². The number of carbonyl (C=O) groups is 1. The van der Waals surface area contributed by atoms with Crippen LogP contribution in [0.1, 0.15) is 34.8 Å². The number of rotatable bonds is 4. The highest BCUT2D eigenvalue weighted by molar-refractivity contribution is 5.94. The molecule has 1 amide bonds. The zero-order chi connectivity index (χ0) is 16.2. The highest BCUT2D eigenvalue weighted by Crippen LogP contribution is 2.23. The van der Waals surface area contributed by atoms with Crippen LogP contribution in [0.15, 0.2) is 42.7 Å². The van der Waals surface area contributed by atoms with Crippen molar-refractivity contribution in [2.45, 2.75) is 25.4 Å². The first-order valence-corrected chi connectivity index (χ1v) is 8.15. The van der Waals surface area contributed by atoms with E-state index in [2.05, 4.69) is 16.1 Å². The zero-order valence-corrected chi connectivity index (χ0v) is 13.9. The molecule has 1 fully saturated rings. The van der Waals surface area contributed by atoms with Gasteiger partial charge in [0.1, 0.15) is 0 Å². The third kappa shape index (κ3) is 3.79. The van der Waals surface area contributed by atoms with Crippen LogP contribution < -0.4 is 0 Å². The van der Waals surface area contributed by atoms with E-state index in [1.807, 2.05) is 60.3 Å². The predicted molar refractivity (Wildman–Crippen MR) is 90.2 cm³/mol. The van der Waals surface area contributed by atoms with Gasteiger partial charge in [0.15, 0.2) is 0 Å². The van der Waals surface area contributed by atoms with E-state index in [4.69, 9.17) is 0 Å². The number of piperidine rings is 1. The van der Waals surface area contributed by atoms with Gasteiger partial charge < -0.3 is 9.80 Å². The lowest BCUT2D eigenvalue weighted by Gasteiger charge is -2.32. The van der Waals surface area contributed by atoms with Crippen molar-refractivity contribution in [2.75, 3.05) is 27.2 Å². The number of carbonyl (C=O) groups excluding carboxylic acids is 1. The van der Waals surface area contributed by atoms with E-state index in [1.165, 1.54) is 5.56 Å². The van der Waals surface area contributed by atoms with Gasteiger partial charge in [0.2, 0.25) is 0 Å². The SMILES string of the molecule is CN(C)Cc1cccc(C(=O)N2CCC(n3cccn3)CC2)c1. The molecular formula is C18H24N4O. The van der Waals surface area contributed by atoms with Gasteiger partial charge in [0.25, 0.3) is 5.91 Å². The van der Waals surface area contributed by atoms with E-state index < -0.39 is 0 Å². The predicted octanol–water partition coefficient (Wildman–Crippen LogP) is 2.42. The minimum absolute atomic E-state index is 0.143. The maximum atomic E-state index is 12.7. The molecule has 5 nitrogen and oxygen atoms in total. The minimum atomic E-state index is 0.143. The van der Waals surface area contributed by atoms with Gasteiger partial charge in [-0.15, -0.1) is 0 Å². The Bertz CT molecular complexity index is 643. The summed E-state index contributed by atoms with van der Waals surface area (Å²) in [5.41, 5.74) is 1.97. The van der Waals surface area contributed by atoms with Gasteiger partial charge in [-0.1, -0.05) is 12.1 Å². The van der Waals surface area contributed by atoms with Crippen LogP contribution >= 0.6 is 0 Å². The second-order valence-corrected chi connectivity index (χ2v) is 6.45. The molecule has 1 aliphatic heterocycles. The second kappa shape index (κ2) is 6.96. The van der Waals surface area contributed by atoms with E-state index in [-0.39, 0.29) is 5.91 Å². The lowest BCUT2D eigenvalue weighted by molar-refractivity contribution is 0.0690. The van der Waals surface area contributed by atoms with Crippen LogP contribution in [0.2, 0.25) is 0 Å². The molecule has 1 aromatic carbocycles. The molecule has 0 saturated carbocycles. The fourth-order valence-electron chi connectivity index (χ4n) is 3.18. The van der Waals surface area contributed by atoms with E-state index in [0.29, 0.717) is 6.04 Å². The minimum Gasteiger partial charge on any atom is -0.338 e. The Balaban J connectivity index is 1.63. The molecule has 0 atom stereocenters. The number of benzene rings is 1. The fourth-order valence-corrected chi connectivity index (χ4v) is 3.18. The first kappa shape index (κ1) is 15.7. The molecule has 3 rings (SSSR count). The standard InChI is InChI=1S/C18H24N4O/c1-20(2)14-15-5-3-6-16(13-15)18(23)21-11-7-17(8-12-21)22-10-4-9-19-22/h3-6,9-10,13,17H,7-8,11-12,14H2,1-2H3. The third-order valence-corrected chi connectivity index (χ3v) is 4.32. The summed E-state index contributed by atoms with van der Waals surface area (Å²) in [4.78, 5) is 16.8. The molecular weight excluding hydrogens is 288 g/mol. The number of nitrogens with zero attached hydrogens (tertiary/aromatic N) is 4. The van der Waals surface area contributed by atoms with Crippen LogP contribution in [0.3, 0.4) is 0 Å². The molecule has 0 N–H and O–H groups in total. The van der Waals surface area contributed by atoms with Crippen molar-refractivity contribution in [3.63, 3.8) is 0 Å². The Morgan fingerprint density at radius 3 is 2.70 bits per heavy atom. The summed E-state index contributed by atoms with van der Waals surface area (Å²) in [6, 6.07) is 10.3. The van der Waals surface area contributed by atoms with Gasteiger partial charge in [0.05, 0.1) is 6.04 Å². The monoisotopic (exact) mass is 312 g/mol. The largest absolute Gasteiger partial charge is 0.338 e. The van der Waals surface area contributed by atoms with E-state index >= 15 is 0 Å². The van der Waals surface area contributed by atoms with Crippen molar-refractivity contribution >= 4 is 5.91 Å². The normalized spacial score (nSPS) is 16.0. The number of hydrogen-bond acceptors (Lipinski definition) is 3. The van der Waals surface area contributed by atoms with Crippen molar-refractivity contribution in [1.82, 2.24) is 19.6 Å². The van der Waals surface area contributed by atoms with Crippen LogP contribution in [0.5, 0.6) is 0 Å². The molecule has 0 spiro atoms. The molecule has 2 heterocycles. The van der Waals surface area contributed by atoms with Crippen molar-refractivity contribution in [1.29, 1.82) is 0 Å². The number of likely N-dealkylation sites (tertiary alicyclic amines) is 1. The average Bonchev–Trinajstić information content (AvgIpc) is 3.08. The zero-order valence-electron chi connectivity index (χ0n) is 13.9. The van der Waals surface area contributed by atoms with E-state index in [0.717, 1.165) is 38.0 Å². The Morgan fingerprint density at radius 2 is 2.04 bits per heavy atom. The number of amides is 1. The Labute approximate surface area is 137 Å². The molecule has 0 aliphatic carbocycles. The lowest BCUT2D eigenvalue weighted by Crippen LogP contribution is -2.39. The maximum absolute atomic E-state index is 12.7. The Hall–Kier alpha value is -2.14. The Morgan fingerprint density at radius 1 is 1.26 bits per heavy atom. The molecule has 0 radical (unpaired) electrons. The summed E-state index contributed by atoms with van der Waals surface area (Å²) in [5, 5.41) is 4.32. The highest BCUT2D eigenvalue weighted by atomic mass is 16.2. The van der Waals surface area contributed by atoms with Gasteiger partial charge in [-0.2, -0.15) is 5.10 Å². The summed E-state index contributed by atoms with van der Waals surface area (Å²) in [6.45, 7) is 2.44. The quantitative estimate of drug-likeness (QED) is 0.870.